The fourth-order valence-corrected chi connectivity index (χ4v) is 2.12. The molecule has 0 atom stereocenters. The van der Waals surface area contributed by atoms with Crippen molar-refractivity contribution in [3.63, 3.8) is 0 Å². The van der Waals surface area contributed by atoms with Crippen molar-refractivity contribution < 1.29 is 23.8 Å². The van der Waals surface area contributed by atoms with Crippen LogP contribution in [0.25, 0.3) is 0 Å². The maximum absolute atomic E-state index is 12.3. The molecule has 2 amide bonds. The molecule has 0 unspecified atom stereocenters. The molecule has 126 valence electrons. The summed E-state index contributed by atoms with van der Waals surface area (Å²) in [6.45, 7) is 0. The summed E-state index contributed by atoms with van der Waals surface area (Å²) < 4.78 is 15.6. The summed E-state index contributed by atoms with van der Waals surface area (Å²) in [4.78, 5) is 24.3. The molecule has 0 heterocycles. The first-order valence-corrected chi connectivity index (χ1v) is 7.07. The highest BCUT2D eigenvalue weighted by atomic mass is 16.5. The van der Waals surface area contributed by atoms with Gasteiger partial charge in [0.1, 0.15) is 0 Å². The maximum atomic E-state index is 12.3. The van der Waals surface area contributed by atoms with Crippen LogP contribution in [-0.4, -0.2) is 33.1 Å². The molecule has 0 spiro atoms. The van der Waals surface area contributed by atoms with Gasteiger partial charge in [-0.1, -0.05) is 18.2 Å². The third kappa shape index (κ3) is 3.57. The topological polar surface area (TPSA) is 85.9 Å². The van der Waals surface area contributed by atoms with Crippen LogP contribution in [0.15, 0.2) is 42.5 Å². The van der Waals surface area contributed by atoms with Gasteiger partial charge in [-0.15, -0.1) is 0 Å². The second-order valence-electron chi connectivity index (χ2n) is 4.66. The Bertz CT molecular complexity index is 731. The number of ether oxygens (including phenoxy) is 3. The van der Waals surface area contributed by atoms with Gasteiger partial charge in [0.15, 0.2) is 11.5 Å². The van der Waals surface area contributed by atoms with Crippen LogP contribution in [-0.2, 0) is 0 Å². The van der Waals surface area contributed by atoms with Crippen LogP contribution in [0.1, 0.15) is 20.7 Å². The number of nitrogens with one attached hydrogen (secondary N) is 2. The average molecular weight is 330 g/mol. The van der Waals surface area contributed by atoms with Crippen molar-refractivity contribution in [2.45, 2.75) is 0 Å². The first-order valence-electron chi connectivity index (χ1n) is 7.07. The van der Waals surface area contributed by atoms with E-state index in [0.29, 0.717) is 17.1 Å². The lowest BCUT2D eigenvalue weighted by molar-refractivity contribution is 0.0844. The van der Waals surface area contributed by atoms with E-state index in [-0.39, 0.29) is 11.3 Å². The fraction of sp³-hybridized carbons (Fsp3) is 0.176. The molecule has 0 aliphatic heterocycles. The summed E-state index contributed by atoms with van der Waals surface area (Å²) in [7, 11) is 4.34. The number of benzene rings is 2. The van der Waals surface area contributed by atoms with E-state index in [1.54, 1.807) is 36.4 Å². The van der Waals surface area contributed by atoms with Crippen molar-refractivity contribution in [2.75, 3.05) is 21.3 Å². The van der Waals surface area contributed by atoms with Crippen molar-refractivity contribution in [3.05, 3.63) is 53.6 Å². The van der Waals surface area contributed by atoms with Crippen molar-refractivity contribution in [3.8, 4) is 17.2 Å². The fourth-order valence-electron chi connectivity index (χ4n) is 2.12. The van der Waals surface area contributed by atoms with E-state index >= 15 is 0 Å². The summed E-state index contributed by atoms with van der Waals surface area (Å²) in [6, 6.07) is 11.6. The highest BCUT2D eigenvalue weighted by Crippen LogP contribution is 2.39. The molecule has 2 rings (SSSR count). The van der Waals surface area contributed by atoms with Crippen molar-refractivity contribution >= 4 is 11.8 Å². The van der Waals surface area contributed by atoms with Crippen LogP contribution in [0.3, 0.4) is 0 Å². The lowest BCUT2D eigenvalue weighted by Gasteiger charge is -2.15. The molecule has 2 aromatic carbocycles. The van der Waals surface area contributed by atoms with Gasteiger partial charge < -0.3 is 14.2 Å². The van der Waals surface area contributed by atoms with Gasteiger partial charge in [-0.25, -0.2) is 0 Å². The zero-order valence-corrected chi connectivity index (χ0v) is 13.6. The summed E-state index contributed by atoms with van der Waals surface area (Å²) in [5, 5.41) is 0. The molecule has 0 aliphatic carbocycles. The van der Waals surface area contributed by atoms with Crippen LogP contribution in [0.2, 0.25) is 0 Å². The molecule has 24 heavy (non-hydrogen) atoms. The highest BCUT2D eigenvalue weighted by molar-refractivity contribution is 6.01. The number of rotatable bonds is 5. The molecule has 2 aromatic rings. The molecule has 7 heteroatoms. The quantitative estimate of drug-likeness (QED) is 0.816. The number of hydrogen-bond acceptors (Lipinski definition) is 5. The smallest absolute Gasteiger partial charge is 0.273 e. The Balaban J connectivity index is 2.16. The number of hydrogen-bond donors (Lipinski definition) is 2. The van der Waals surface area contributed by atoms with E-state index < -0.39 is 11.8 Å². The molecular formula is C17H18N2O5. The Morgan fingerprint density at radius 2 is 1.38 bits per heavy atom. The molecule has 0 bridgehead atoms. The van der Waals surface area contributed by atoms with E-state index in [9.17, 15) is 9.59 Å². The number of carbonyl (C=O) groups is 2. The third-order valence-corrected chi connectivity index (χ3v) is 3.27. The molecule has 0 fully saturated rings. The van der Waals surface area contributed by atoms with Gasteiger partial charge in [0.05, 0.1) is 26.9 Å². The average Bonchev–Trinajstić information content (AvgIpc) is 2.64. The Morgan fingerprint density at radius 1 is 0.750 bits per heavy atom. The van der Waals surface area contributed by atoms with Crippen molar-refractivity contribution in [1.29, 1.82) is 0 Å². The van der Waals surface area contributed by atoms with Gasteiger partial charge in [0.2, 0.25) is 5.75 Å². The van der Waals surface area contributed by atoms with Gasteiger partial charge >= 0.3 is 0 Å². The Hall–Kier alpha value is -3.22. The lowest BCUT2D eigenvalue weighted by Crippen LogP contribution is -2.41. The normalized spacial score (nSPS) is 9.79. The number of amides is 2. The second-order valence-corrected chi connectivity index (χ2v) is 4.66. The monoisotopic (exact) mass is 330 g/mol. The minimum Gasteiger partial charge on any atom is -0.493 e. The molecule has 0 aromatic heterocycles. The van der Waals surface area contributed by atoms with E-state index in [0.717, 1.165) is 0 Å². The summed E-state index contributed by atoms with van der Waals surface area (Å²) in [5.41, 5.74) is 5.32. The van der Waals surface area contributed by atoms with Gasteiger partial charge in [0.25, 0.3) is 11.8 Å². The summed E-state index contributed by atoms with van der Waals surface area (Å²) >= 11 is 0. The maximum Gasteiger partial charge on any atom is 0.273 e. The van der Waals surface area contributed by atoms with Gasteiger partial charge in [-0.3, -0.25) is 20.4 Å². The Morgan fingerprint density at radius 3 is 1.96 bits per heavy atom. The number of carbonyl (C=O) groups excluding carboxylic acids is 2. The Labute approximate surface area is 139 Å². The van der Waals surface area contributed by atoms with Crippen LogP contribution in [0.5, 0.6) is 17.2 Å². The highest BCUT2D eigenvalue weighted by Gasteiger charge is 2.21. The summed E-state index contributed by atoms with van der Waals surface area (Å²) in [5.74, 6) is -0.0370. The molecule has 7 nitrogen and oxygen atoms in total. The molecule has 0 aliphatic rings. The SMILES string of the molecule is COc1ccc(C(=O)NNC(=O)c2ccccc2)c(OC)c1OC. The van der Waals surface area contributed by atoms with Crippen molar-refractivity contribution in [2.24, 2.45) is 0 Å². The van der Waals surface area contributed by atoms with Crippen LogP contribution < -0.4 is 25.1 Å². The summed E-state index contributed by atoms with van der Waals surface area (Å²) in [6.07, 6.45) is 0. The van der Waals surface area contributed by atoms with E-state index in [1.807, 2.05) is 0 Å². The number of methoxy groups -OCH3 is 3. The van der Waals surface area contributed by atoms with E-state index in [4.69, 9.17) is 14.2 Å². The van der Waals surface area contributed by atoms with Crippen LogP contribution in [0, 0.1) is 0 Å². The zero-order chi connectivity index (χ0) is 17.5. The minimum atomic E-state index is -0.544. The lowest BCUT2D eigenvalue weighted by atomic mass is 10.1. The molecular weight excluding hydrogens is 312 g/mol. The first kappa shape index (κ1) is 17.1. The van der Waals surface area contributed by atoms with Gasteiger partial charge in [-0.2, -0.15) is 0 Å². The molecule has 0 saturated heterocycles. The largest absolute Gasteiger partial charge is 0.493 e. The Kier molecular flexibility index (Phi) is 5.62. The van der Waals surface area contributed by atoms with Crippen LogP contribution >= 0.6 is 0 Å². The number of hydrazine groups is 1. The predicted octanol–water partition coefficient (Wildman–Crippen LogP) is 1.79. The standard InChI is InChI=1S/C17H18N2O5/c1-22-13-10-9-12(14(23-2)15(13)24-3)17(21)19-18-16(20)11-7-5-4-6-8-11/h4-10H,1-3H3,(H,18,20)(H,19,21). The van der Waals surface area contributed by atoms with Crippen LogP contribution in [0.4, 0.5) is 0 Å². The van der Waals surface area contributed by atoms with E-state index in [1.165, 1.54) is 27.4 Å². The van der Waals surface area contributed by atoms with Crippen molar-refractivity contribution in [1.82, 2.24) is 10.9 Å². The molecule has 2 N–H and O–H groups in total. The minimum absolute atomic E-state index is 0.198. The zero-order valence-electron chi connectivity index (χ0n) is 13.6. The van der Waals surface area contributed by atoms with Gasteiger partial charge in [0, 0.05) is 5.56 Å². The van der Waals surface area contributed by atoms with Gasteiger partial charge in [-0.05, 0) is 24.3 Å². The molecule has 0 saturated carbocycles. The third-order valence-electron chi connectivity index (χ3n) is 3.27. The first-order chi connectivity index (χ1) is 11.6. The second kappa shape index (κ2) is 7.87. The van der Waals surface area contributed by atoms with E-state index in [2.05, 4.69) is 10.9 Å². The molecule has 0 radical (unpaired) electrons. The predicted molar refractivity (Wildman–Crippen MR) is 87.5 cm³/mol.